The molecule has 0 bridgehead atoms. The Morgan fingerprint density at radius 2 is 1.82 bits per heavy atom. The van der Waals surface area contributed by atoms with Gasteiger partial charge in [-0.1, -0.05) is 30.3 Å². The summed E-state index contributed by atoms with van der Waals surface area (Å²) in [5.41, 5.74) is 1.15. The van der Waals surface area contributed by atoms with Crippen LogP contribution in [-0.4, -0.2) is 29.2 Å². The van der Waals surface area contributed by atoms with Crippen molar-refractivity contribution < 1.29 is 9.59 Å². The maximum atomic E-state index is 11.8. The van der Waals surface area contributed by atoms with Crippen molar-refractivity contribution in [2.45, 2.75) is 32.2 Å². The molecule has 0 N–H and O–H groups in total. The zero-order chi connectivity index (χ0) is 12.4. The number of Topliss-reactive ketones (excluding diaryl/α,β-unsaturated/α-hetero) is 1. The lowest BCUT2D eigenvalue weighted by Crippen LogP contribution is -2.40. The Hall–Kier alpha value is -1.64. The lowest BCUT2D eigenvalue weighted by atomic mass is 9.90. The third kappa shape index (κ3) is 2.23. The van der Waals surface area contributed by atoms with E-state index >= 15 is 0 Å². The zero-order valence-electron chi connectivity index (χ0n) is 10.2. The first-order valence-corrected chi connectivity index (χ1v) is 5.94. The van der Waals surface area contributed by atoms with E-state index < -0.39 is 0 Å². The van der Waals surface area contributed by atoms with Gasteiger partial charge in [0.1, 0.15) is 0 Å². The Kier molecular flexibility index (Phi) is 3.27. The van der Waals surface area contributed by atoms with Crippen molar-refractivity contribution in [1.82, 2.24) is 4.90 Å². The molecule has 1 heterocycles. The van der Waals surface area contributed by atoms with E-state index in [1.807, 2.05) is 30.3 Å². The van der Waals surface area contributed by atoms with Gasteiger partial charge in [0.15, 0.2) is 5.78 Å². The van der Waals surface area contributed by atoms with Crippen LogP contribution in [0.1, 0.15) is 31.7 Å². The average molecular weight is 231 g/mol. The molecule has 0 radical (unpaired) electrons. The minimum Gasteiger partial charge on any atom is -0.332 e. The number of nitrogens with zero attached hydrogens (tertiary/aromatic N) is 1. The fourth-order valence-electron chi connectivity index (χ4n) is 2.70. The molecule has 1 aliphatic rings. The molecule has 90 valence electrons. The number of hydrogen-bond acceptors (Lipinski definition) is 2. The van der Waals surface area contributed by atoms with Crippen LogP contribution in [0, 0.1) is 0 Å². The molecule has 1 unspecified atom stereocenters. The van der Waals surface area contributed by atoms with Crippen molar-refractivity contribution >= 4 is 11.7 Å². The predicted octanol–water partition coefficient (Wildman–Crippen LogP) is 1.98. The Balaban J connectivity index is 2.30. The van der Waals surface area contributed by atoms with Crippen LogP contribution >= 0.6 is 0 Å². The number of hydrogen-bond donors (Lipinski definition) is 0. The number of rotatable bonds is 2. The van der Waals surface area contributed by atoms with Crippen LogP contribution in [0.2, 0.25) is 0 Å². The third-order valence-corrected chi connectivity index (χ3v) is 3.45. The summed E-state index contributed by atoms with van der Waals surface area (Å²) in [6.45, 7) is 3.78. The normalized spacial score (nSPS) is 23.8. The summed E-state index contributed by atoms with van der Waals surface area (Å²) < 4.78 is 0. The lowest BCUT2D eigenvalue weighted by molar-refractivity contribution is -0.135. The van der Waals surface area contributed by atoms with Gasteiger partial charge in [0.2, 0.25) is 5.91 Å². The topological polar surface area (TPSA) is 37.4 Å². The van der Waals surface area contributed by atoms with Gasteiger partial charge in [-0.3, -0.25) is 9.59 Å². The van der Waals surface area contributed by atoms with E-state index in [1.165, 1.54) is 6.92 Å². The Morgan fingerprint density at radius 1 is 1.18 bits per heavy atom. The van der Waals surface area contributed by atoms with Gasteiger partial charge in [-0.15, -0.1) is 0 Å². The van der Waals surface area contributed by atoms with Gasteiger partial charge in [0.25, 0.3) is 0 Å². The Bertz CT molecular complexity index is 427. The summed E-state index contributed by atoms with van der Waals surface area (Å²) in [5.74, 6) is 0.216. The molecular formula is C14H17NO2. The van der Waals surface area contributed by atoms with Crippen LogP contribution in [-0.2, 0) is 9.59 Å². The van der Waals surface area contributed by atoms with Crippen molar-refractivity contribution in [3.8, 4) is 0 Å². The molecule has 2 rings (SSSR count). The van der Waals surface area contributed by atoms with Crippen molar-refractivity contribution in [1.29, 1.82) is 0 Å². The number of likely N-dealkylation sites (tertiary alicyclic amines) is 1. The molecule has 3 heteroatoms. The van der Waals surface area contributed by atoms with Crippen LogP contribution in [0.4, 0.5) is 0 Å². The molecular weight excluding hydrogens is 214 g/mol. The van der Waals surface area contributed by atoms with E-state index in [4.69, 9.17) is 0 Å². The van der Waals surface area contributed by atoms with Crippen molar-refractivity contribution in [3.05, 3.63) is 35.9 Å². The zero-order valence-corrected chi connectivity index (χ0v) is 10.2. The van der Waals surface area contributed by atoms with Gasteiger partial charge in [-0.25, -0.2) is 0 Å². The molecule has 0 spiro atoms. The second kappa shape index (κ2) is 4.70. The summed E-state index contributed by atoms with van der Waals surface area (Å²) in [7, 11) is 0. The number of benzene rings is 1. The highest BCUT2D eigenvalue weighted by molar-refractivity contribution is 5.88. The Labute approximate surface area is 101 Å². The van der Waals surface area contributed by atoms with E-state index in [2.05, 4.69) is 0 Å². The largest absolute Gasteiger partial charge is 0.332 e. The smallest absolute Gasteiger partial charge is 0.220 e. The van der Waals surface area contributed by atoms with Gasteiger partial charge in [0, 0.05) is 19.4 Å². The number of ketones is 1. The molecule has 1 aliphatic heterocycles. The SMILES string of the molecule is CC(=O)[C@@H]1C(c2ccccc2)CCN1C(C)=O. The molecule has 3 nitrogen and oxygen atoms in total. The molecule has 17 heavy (non-hydrogen) atoms. The molecule has 0 saturated carbocycles. The van der Waals surface area contributed by atoms with Crippen molar-refractivity contribution in [2.24, 2.45) is 0 Å². The minimum atomic E-state index is -0.283. The summed E-state index contributed by atoms with van der Waals surface area (Å²) in [6, 6.07) is 9.69. The summed E-state index contributed by atoms with van der Waals surface area (Å²) in [6.07, 6.45) is 0.869. The molecule has 1 amide bonds. The van der Waals surface area contributed by atoms with Crippen LogP contribution in [0.15, 0.2) is 30.3 Å². The first-order valence-electron chi connectivity index (χ1n) is 5.94. The number of amides is 1. The molecule has 1 aromatic carbocycles. The van der Waals surface area contributed by atoms with Crippen LogP contribution in [0.25, 0.3) is 0 Å². The van der Waals surface area contributed by atoms with Crippen LogP contribution in [0.3, 0.4) is 0 Å². The maximum absolute atomic E-state index is 11.8. The highest BCUT2D eigenvalue weighted by Crippen LogP contribution is 2.33. The highest BCUT2D eigenvalue weighted by Gasteiger charge is 2.39. The quantitative estimate of drug-likeness (QED) is 0.780. The average Bonchev–Trinajstić information content (AvgIpc) is 2.74. The highest BCUT2D eigenvalue weighted by atomic mass is 16.2. The second-order valence-electron chi connectivity index (χ2n) is 4.57. The standard InChI is InChI=1S/C14H17NO2/c1-10(16)14-13(8-9-15(14)11(2)17)12-6-4-3-5-7-12/h3-7,13-14H,8-9H2,1-2H3/t13?,14-/m1/s1. The van der Waals surface area contributed by atoms with Gasteiger partial charge < -0.3 is 4.90 Å². The van der Waals surface area contributed by atoms with E-state index in [9.17, 15) is 9.59 Å². The Morgan fingerprint density at radius 3 is 2.35 bits per heavy atom. The van der Waals surface area contributed by atoms with Gasteiger partial charge in [-0.05, 0) is 18.9 Å². The molecule has 1 fully saturated rings. The van der Waals surface area contributed by atoms with E-state index in [1.54, 1.807) is 11.8 Å². The summed E-state index contributed by atoms with van der Waals surface area (Å²) in [5, 5.41) is 0. The monoisotopic (exact) mass is 231 g/mol. The molecule has 0 aliphatic carbocycles. The first-order chi connectivity index (χ1) is 8.11. The summed E-state index contributed by atoms with van der Waals surface area (Å²) >= 11 is 0. The van der Waals surface area contributed by atoms with Crippen molar-refractivity contribution in [3.63, 3.8) is 0 Å². The minimum absolute atomic E-state index is 0.0105. The maximum Gasteiger partial charge on any atom is 0.220 e. The van der Waals surface area contributed by atoms with E-state index in [0.29, 0.717) is 6.54 Å². The predicted molar refractivity (Wildman–Crippen MR) is 65.7 cm³/mol. The molecule has 2 atom stereocenters. The van der Waals surface area contributed by atoms with Gasteiger partial charge in [-0.2, -0.15) is 0 Å². The van der Waals surface area contributed by atoms with E-state index in [0.717, 1.165) is 12.0 Å². The molecule has 1 aromatic rings. The van der Waals surface area contributed by atoms with Crippen LogP contribution in [0.5, 0.6) is 0 Å². The first kappa shape index (κ1) is 11.8. The van der Waals surface area contributed by atoms with Gasteiger partial charge >= 0.3 is 0 Å². The lowest BCUT2D eigenvalue weighted by Gasteiger charge is -2.25. The van der Waals surface area contributed by atoms with Gasteiger partial charge in [0.05, 0.1) is 6.04 Å². The van der Waals surface area contributed by atoms with E-state index in [-0.39, 0.29) is 23.7 Å². The number of carbonyl (C=O) groups is 2. The number of carbonyl (C=O) groups excluding carboxylic acids is 2. The summed E-state index contributed by atoms with van der Waals surface area (Å²) in [4.78, 5) is 25.0. The van der Waals surface area contributed by atoms with Crippen LogP contribution < -0.4 is 0 Å². The van der Waals surface area contributed by atoms with Crippen molar-refractivity contribution in [2.75, 3.05) is 6.54 Å². The third-order valence-electron chi connectivity index (χ3n) is 3.45. The molecule has 0 aromatic heterocycles. The fraction of sp³-hybridized carbons (Fsp3) is 0.429. The molecule has 1 saturated heterocycles. The second-order valence-corrected chi connectivity index (χ2v) is 4.57. The fourth-order valence-corrected chi connectivity index (χ4v) is 2.70.